The first-order chi connectivity index (χ1) is 11.1. The number of benzene rings is 1. The summed E-state index contributed by atoms with van der Waals surface area (Å²) in [5, 5.41) is 6.42. The van der Waals surface area contributed by atoms with E-state index in [2.05, 4.69) is 20.6 Å². The van der Waals surface area contributed by atoms with Crippen LogP contribution in [0.4, 0.5) is 21.8 Å². The first kappa shape index (κ1) is 15.7. The summed E-state index contributed by atoms with van der Waals surface area (Å²) < 4.78 is 13.7. The lowest BCUT2D eigenvalue weighted by Gasteiger charge is -2.32. The molecule has 5 nitrogen and oxygen atoms in total. The molecule has 1 saturated carbocycles. The van der Waals surface area contributed by atoms with Crippen LogP contribution < -0.4 is 16.4 Å². The van der Waals surface area contributed by atoms with Crippen molar-refractivity contribution in [1.82, 2.24) is 9.97 Å². The molecule has 23 heavy (non-hydrogen) atoms. The molecule has 3 atom stereocenters. The monoisotopic (exact) mass is 315 g/mol. The molecular weight excluding hydrogens is 293 g/mol. The Hall–Kier alpha value is -2.21. The first-order valence-corrected chi connectivity index (χ1v) is 7.95. The van der Waals surface area contributed by atoms with Crippen molar-refractivity contribution in [3.63, 3.8) is 0 Å². The van der Waals surface area contributed by atoms with Crippen LogP contribution in [0.5, 0.6) is 0 Å². The van der Waals surface area contributed by atoms with Crippen molar-refractivity contribution in [2.75, 3.05) is 10.6 Å². The minimum Gasteiger partial charge on any atom is -0.350 e. The molecule has 1 heterocycles. The zero-order chi connectivity index (χ0) is 16.2. The zero-order valence-electron chi connectivity index (χ0n) is 13.2. The fourth-order valence-electron chi connectivity index (χ4n) is 2.87. The van der Waals surface area contributed by atoms with E-state index in [1.165, 1.54) is 5.56 Å². The number of alkyl halides is 1. The van der Waals surface area contributed by atoms with E-state index in [1.54, 1.807) is 12.3 Å². The van der Waals surface area contributed by atoms with Crippen molar-refractivity contribution >= 4 is 17.5 Å². The van der Waals surface area contributed by atoms with E-state index in [-0.39, 0.29) is 6.04 Å². The lowest BCUT2D eigenvalue weighted by Crippen LogP contribution is -2.49. The maximum absolute atomic E-state index is 13.7. The number of aromatic nitrogens is 2. The number of hydrogen-bond donors (Lipinski definition) is 3. The molecule has 0 spiro atoms. The molecule has 0 saturated heterocycles. The average Bonchev–Trinajstić information content (AvgIpc) is 2.52. The predicted molar refractivity (Wildman–Crippen MR) is 90.6 cm³/mol. The Morgan fingerprint density at radius 1 is 1.26 bits per heavy atom. The Bertz CT molecular complexity index is 663. The molecule has 0 aliphatic heterocycles. The van der Waals surface area contributed by atoms with Crippen molar-refractivity contribution < 1.29 is 4.39 Å². The summed E-state index contributed by atoms with van der Waals surface area (Å²) in [5.74, 6) is 1.16. The Morgan fingerprint density at radius 3 is 2.96 bits per heavy atom. The lowest BCUT2D eigenvalue weighted by molar-refractivity contribution is 0.205. The molecular formula is C17H22FN5. The summed E-state index contributed by atoms with van der Waals surface area (Å²) in [7, 11) is 0. The van der Waals surface area contributed by atoms with Gasteiger partial charge in [-0.25, -0.2) is 9.37 Å². The molecule has 1 aromatic carbocycles. The standard InChI is InChI=1S/C17H22FN5/c1-11-4-2-5-12(10-11)21-15-8-9-20-17(23-15)22-14-7-3-6-13(18)16(14)19/h2,4-5,8-10,13-14,16H,3,6-7,19H2,1H3,(H2,20,21,22,23)/t13-,14-,16+/m1/s1. The highest BCUT2D eigenvalue weighted by Crippen LogP contribution is 2.23. The van der Waals surface area contributed by atoms with Crippen LogP contribution in [0, 0.1) is 6.92 Å². The maximum atomic E-state index is 13.7. The molecule has 3 rings (SSSR count). The number of aryl methyl sites for hydroxylation is 1. The fourth-order valence-corrected chi connectivity index (χ4v) is 2.87. The highest BCUT2D eigenvalue weighted by atomic mass is 19.1. The normalized spacial score (nSPS) is 24.2. The van der Waals surface area contributed by atoms with Crippen LogP contribution >= 0.6 is 0 Å². The van der Waals surface area contributed by atoms with Gasteiger partial charge in [0.25, 0.3) is 0 Å². The van der Waals surface area contributed by atoms with E-state index in [1.807, 2.05) is 31.2 Å². The molecule has 0 radical (unpaired) electrons. The van der Waals surface area contributed by atoms with Gasteiger partial charge in [-0.3, -0.25) is 0 Å². The van der Waals surface area contributed by atoms with Gasteiger partial charge in [0.1, 0.15) is 12.0 Å². The van der Waals surface area contributed by atoms with Crippen LogP contribution in [0.3, 0.4) is 0 Å². The first-order valence-electron chi connectivity index (χ1n) is 7.95. The van der Waals surface area contributed by atoms with Crippen LogP contribution in [-0.2, 0) is 0 Å². The number of rotatable bonds is 4. The Balaban J connectivity index is 1.70. The number of nitrogens with zero attached hydrogens (tertiary/aromatic N) is 2. The molecule has 6 heteroatoms. The van der Waals surface area contributed by atoms with Crippen molar-refractivity contribution in [1.29, 1.82) is 0 Å². The molecule has 0 bridgehead atoms. The number of nitrogens with two attached hydrogens (primary N) is 1. The summed E-state index contributed by atoms with van der Waals surface area (Å²) in [5.41, 5.74) is 8.08. The predicted octanol–water partition coefficient (Wildman–Crippen LogP) is 3.16. The van der Waals surface area contributed by atoms with Crippen LogP contribution in [0.25, 0.3) is 0 Å². The molecule has 2 aromatic rings. The minimum atomic E-state index is -0.963. The Morgan fingerprint density at radius 2 is 2.13 bits per heavy atom. The molecule has 0 amide bonds. The van der Waals surface area contributed by atoms with Crippen molar-refractivity contribution in [2.24, 2.45) is 5.73 Å². The maximum Gasteiger partial charge on any atom is 0.224 e. The number of halogens is 1. The summed E-state index contributed by atoms with van der Waals surface area (Å²) in [4.78, 5) is 8.65. The van der Waals surface area contributed by atoms with Gasteiger partial charge in [0, 0.05) is 17.9 Å². The summed E-state index contributed by atoms with van der Waals surface area (Å²) in [6, 6.07) is 9.20. The van der Waals surface area contributed by atoms with Gasteiger partial charge in [0.05, 0.1) is 6.04 Å². The van der Waals surface area contributed by atoms with Crippen LogP contribution in [0.1, 0.15) is 24.8 Å². The van der Waals surface area contributed by atoms with Crippen LogP contribution in [-0.4, -0.2) is 28.2 Å². The Kier molecular flexibility index (Phi) is 4.71. The minimum absolute atomic E-state index is 0.132. The molecule has 122 valence electrons. The molecule has 1 fully saturated rings. The van der Waals surface area contributed by atoms with Crippen LogP contribution in [0.2, 0.25) is 0 Å². The van der Waals surface area contributed by atoms with E-state index in [9.17, 15) is 4.39 Å². The summed E-state index contributed by atoms with van der Waals surface area (Å²) in [6.07, 6.45) is 2.91. The molecule has 1 aliphatic carbocycles. The topological polar surface area (TPSA) is 75.9 Å². The van der Waals surface area contributed by atoms with Crippen LogP contribution in [0.15, 0.2) is 36.5 Å². The highest BCUT2D eigenvalue weighted by molar-refractivity contribution is 5.57. The third-order valence-electron chi connectivity index (χ3n) is 4.14. The second-order valence-corrected chi connectivity index (χ2v) is 6.04. The van der Waals surface area contributed by atoms with E-state index in [4.69, 9.17) is 5.73 Å². The number of nitrogens with one attached hydrogen (secondary N) is 2. The second kappa shape index (κ2) is 6.91. The van der Waals surface area contributed by atoms with Gasteiger partial charge in [0.2, 0.25) is 5.95 Å². The second-order valence-electron chi connectivity index (χ2n) is 6.04. The summed E-state index contributed by atoms with van der Waals surface area (Å²) in [6.45, 7) is 2.04. The van der Waals surface area contributed by atoms with Gasteiger partial charge < -0.3 is 16.4 Å². The van der Waals surface area contributed by atoms with E-state index >= 15 is 0 Å². The number of anilines is 3. The molecule has 4 N–H and O–H groups in total. The van der Waals surface area contributed by atoms with Gasteiger partial charge in [-0.15, -0.1) is 0 Å². The van der Waals surface area contributed by atoms with Gasteiger partial charge in [-0.1, -0.05) is 12.1 Å². The van der Waals surface area contributed by atoms with Gasteiger partial charge in [-0.2, -0.15) is 4.98 Å². The van der Waals surface area contributed by atoms with E-state index in [0.29, 0.717) is 18.2 Å². The SMILES string of the molecule is Cc1cccc(Nc2ccnc(N[C@@H]3CCC[C@@H](F)[C@@H]3N)n2)c1. The Labute approximate surface area is 135 Å². The van der Waals surface area contributed by atoms with E-state index in [0.717, 1.165) is 18.5 Å². The molecule has 1 aliphatic rings. The number of hydrogen-bond acceptors (Lipinski definition) is 5. The van der Waals surface area contributed by atoms with Crippen molar-refractivity contribution in [2.45, 2.75) is 44.4 Å². The summed E-state index contributed by atoms with van der Waals surface area (Å²) >= 11 is 0. The lowest BCUT2D eigenvalue weighted by atomic mass is 9.89. The fraction of sp³-hybridized carbons (Fsp3) is 0.412. The highest BCUT2D eigenvalue weighted by Gasteiger charge is 2.30. The van der Waals surface area contributed by atoms with E-state index < -0.39 is 12.2 Å². The largest absolute Gasteiger partial charge is 0.350 e. The van der Waals surface area contributed by atoms with Gasteiger partial charge in [0.15, 0.2) is 0 Å². The smallest absolute Gasteiger partial charge is 0.224 e. The molecule has 1 aromatic heterocycles. The van der Waals surface area contributed by atoms with Crippen molar-refractivity contribution in [3.8, 4) is 0 Å². The third kappa shape index (κ3) is 3.96. The van der Waals surface area contributed by atoms with Crippen molar-refractivity contribution in [3.05, 3.63) is 42.1 Å². The van der Waals surface area contributed by atoms with Gasteiger partial charge in [-0.05, 0) is 49.9 Å². The average molecular weight is 315 g/mol. The zero-order valence-corrected chi connectivity index (χ0v) is 13.2. The van der Waals surface area contributed by atoms with Gasteiger partial charge >= 0.3 is 0 Å². The molecule has 0 unspecified atom stereocenters. The quantitative estimate of drug-likeness (QED) is 0.808. The third-order valence-corrected chi connectivity index (χ3v) is 4.14.